The SMILES string of the molecule is NNc1ncccc1C(=O)NC(C1CC1)C1CC1. The molecule has 18 heavy (non-hydrogen) atoms. The monoisotopic (exact) mass is 246 g/mol. The van der Waals surface area contributed by atoms with Crippen LogP contribution in [0.25, 0.3) is 0 Å². The van der Waals surface area contributed by atoms with E-state index in [1.807, 2.05) is 0 Å². The van der Waals surface area contributed by atoms with Crippen LogP contribution in [-0.2, 0) is 0 Å². The van der Waals surface area contributed by atoms with Gasteiger partial charge in [-0.15, -0.1) is 0 Å². The molecule has 2 saturated carbocycles. The highest BCUT2D eigenvalue weighted by Crippen LogP contribution is 2.44. The number of pyridine rings is 1. The van der Waals surface area contributed by atoms with Gasteiger partial charge in [0.25, 0.3) is 5.91 Å². The molecule has 5 heteroatoms. The van der Waals surface area contributed by atoms with E-state index < -0.39 is 0 Å². The Morgan fingerprint density at radius 1 is 1.33 bits per heavy atom. The Morgan fingerprint density at radius 2 is 2.00 bits per heavy atom. The van der Waals surface area contributed by atoms with E-state index in [2.05, 4.69) is 15.7 Å². The summed E-state index contributed by atoms with van der Waals surface area (Å²) in [7, 11) is 0. The first kappa shape index (κ1) is 11.5. The van der Waals surface area contributed by atoms with Gasteiger partial charge in [-0.25, -0.2) is 10.8 Å². The molecule has 0 unspecified atom stereocenters. The van der Waals surface area contributed by atoms with Crippen molar-refractivity contribution in [1.29, 1.82) is 0 Å². The quantitative estimate of drug-likeness (QED) is 0.540. The van der Waals surface area contributed by atoms with Gasteiger partial charge < -0.3 is 10.7 Å². The van der Waals surface area contributed by atoms with Gasteiger partial charge in [0, 0.05) is 12.2 Å². The Morgan fingerprint density at radius 3 is 2.56 bits per heavy atom. The van der Waals surface area contributed by atoms with Crippen LogP contribution in [0.15, 0.2) is 18.3 Å². The van der Waals surface area contributed by atoms with Gasteiger partial charge in [0.2, 0.25) is 0 Å². The molecule has 0 saturated heterocycles. The average molecular weight is 246 g/mol. The van der Waals surface area contributed by atoms with E-state index in [0.717, 1.165) is 0 Å². The van der Waals surface area contributed by atoms with Crippen LogP contribution in [0, 0.1) is 11.8 Å². The molecule has 0 aliphatic heterocycles. The number of amides is 1. The van der Waals surface area contributed by atoms with E-state index in [1.54, 1.807) is 18.3 Å². The fourth-order valence-corrected chi connectivity index (χ4v) is 2.46. The molecule has 3 rings (SSSR count). The number of carbonyl (C=O) groups is 1. The third-order valence-corrected chi connectivity index (χ3v) is 3.75. The van der Waals surface area contributed by atoms with Gasteiger partial charge in [0.1, 0.15) is 0 Å². The molecule has 4 N–H and O–H groups in total. The Bertz CT molecular complexity index is 442. The molecule has 1 aromatic heterocycles. The van der Waals surface area contributed by atoms with Crippen molar-refractivity contribution >= 4 is 11.7 Å². The Hall–Kier alpha value is -1.62. The molecule has 2 aliphatic rings. The minimum atomic E-state index is -0.0696. The maximum Gasteiger partial charge on any atom is 0.255 e. The van der Waals surface area contributed by atoms with Crippen molar-refractivity contribution in [3.8, 4) is 0 Å². The molecule has 1 heterocycles. The lowest BCUT2D eigenvalue weighted by molar-refractivity contribution is 0.0927. The summed E-state index contributed by atoms with van der Waals surface area (Å²) in [4.78, 5) is 16.3. The minimum absolute atomic E-state index is 0.0696. The molecule has 2 aliphatic carbocycles. The smallest absolute Gasteiger partial charge is 0.255 e. The minimum Gasteiger partial charge on any atom is -0.349 e. The lowest BCUT2D eigenvalue weighted by atomic mass is 10.1. The maximum absolute atomic E-state index is 12.3. The summed E-state index contributed by atoms with van der Waals surface area (Å²) in [6, 6.07) is 3.84. The van der Waals surface area contributed by atoms with E-state index in [9.17, 15) is 4.79 Å². The number of hydrogen-bond acceptors (Lipinski definition) is 4. The largest absolute Gasteiger partial charge is 0.349 e. The summed E-state index contributed by atoms with van der Waals surface area (Å²) in [5.74, 6) is 7.11. The van der Waals surface area contributed by atoms with Crippen LogP contribution in [0.2, 0.25) is 0 Å². The van der Waals surface area contributed by atoms with Crippen molar-refractivity contribution in [2.24, 2.45) is 17.7 Å². The lowest BCUT2D eigenvalue weighted by Gasteiger charge is -2.18. The molecule has 0 atom stereocenters. The summed E-state index contributed by atoms with van der Waals surface area (Å²) in [6.07, 6.45) is 6.60. The molecule has 0 bridgehead atoms. The van der Waals surface area contributed by atoms with Crippen LogP contribution in [0.1, 0.15) is 36.0 Å². The van der Waals surface area contributed by atoms with Crippen LogP contribution in [0.4, 0.5) is 5.82 Å². The number of aromatic nitrogens is 1. The van der Waals surface area contributed by atoms with E-state index in [0.29, 0.717) is 29.3 Å². The highest BCUT2D eigenvalue weighted by Gasteiger charge is 2.42. The zero-order chi connectivity index (χ0) is 12.5. The molecule has 0 radical (unpaired) electrons. The molecule has 1 amide bonds. The number of nitrogens with one attached hydrogen (secondary N) is 2. The first-order valence-corrected chi connectivity index (χ1v) is 6.52. The van der Waals surface area contributed by atoms with Crippen molar-refractivity contribution in [2.75, 3.05) is 5.43 Å². The number of anilines is 1. The predicted molar refractivity (Wildman–Crippen MR) is 68.7 cm³/mol. The summed E-state index contributed by atoms with van der Waals surface area (Å²) < 4.78 is 0. The van der Waals surface area contributed by atoms with Gasteiger partial charge in [-0.2, -0.15) is 0 Å². The maximum atomic E-state index is 12.3. The van der Waals surface area contributed by atoms with Crippen molar-refractivity contribution < 1.29 is 4.79 Å². The molecular weight excluding hydrogens is 228 g/mol. The number of nitrogens with two attached hydrogens (primary N) is 1. The third-order valence-electron chi connectivity index (χ3n) is 3.75. The Labute approximate surface area is 106 Å². The summed E-state index contributed by atoms with van der Waals surface area (Å²) in [6.45, 7) is 0. The molecule has 0 aromatic carbocycles. The number of rotatable bonds is 5. The first-order valence-electron chi connectivity index (χ1n) is 6.52. The fraction of sp³-hybridized carbons (Fsp3) is 0.538. The van der Waals surface area contributed by atoms with Gasteiger partial charge in [-0.3, -0.25) is 4.79 Å². The van der Waals surface area contributed by atoms with Gasteiger partial charge in [-0.05, 0) is 49.7 Å². The fourth-order valence-electron chi connectivity index (χ4n) is 2.46. The van der Waals surface area contributed by atoms with E-state index >= 15 is 0 Å². The van der Waals surface area contributed by atoms with E-state index in [1.165, 1.54) is 25.7 Å². The first-order chi connectivity index (χ1) is 8.79. The van der Waals surface area contributed by atoms with Gasteiger partial charge in [-0.1, -0.05) is 0 Å². The van der Waals surface area contributed by atoms with E-state index in [-0.39, 0.29) is 5.91 Å². The van der Waals surface area contributed by atoms with Gasteiger partial charge in [0.05, 0.1) is 5.56 Å². The zero-order valence-corrected chi connectivity index (χ0v) is 10.2. The Balaban J connectivity index is 1.73. The average Bonchev–Trinajstić information content (AvgIpc) is 3.29. The standard InChI is InChI=1S/C13H18N4O/c14-17-12-10(2-1-7-15-12)13(18)16-11(8-3-4-8)9-5-6-9/h1-2,7-9,11H,3-6,14H2,(H,15,17)(H,16,18). The number of hydrogen-bond donors (Lipinski definition) is 3. The molecule has 1 aromatic rings. The predicted octanol–water partition coefficient (Wildman–Crippen LogP) is 1.29. The van der Waals surface area contributed by atoms with Crippen molar-refractivity contribution in [1.82, 2.24) is 10.3 Å². The van der Waals surface area contributed by atoms with Crippen LogP contribution in [0.3, 0.4) is 0 Å². The highest BCUT2D eigenvalue weighted by molar-refractivity contribution is 5.98. The van der Waals surface area contributed by atoms with Crippen molar-refractivity contribution in [3.05, 3.63) is 23.9 Å². The lowest BCUT2D eigenvalue weighted by Crippen LogP contribution is -2.38. The second-order valence-electron chi connectivity index (χ2n) is 5.22. The molecule has 0 spiro atoms. The number of carbonyl (C=O) groups excluding carboxylic acids is 1. The molecule has 5 nitrogen and oxygen atoms in total. The number of hydrazine groups is 1. The summed E-state index contributed by atoms with van der Waals surface area (Å²) >= 11 is 0. The second-order valence-corrected chi connectivity index (χ2v) is 5.22. The number of nitrogen functional groups attached to an aromatic ring is 1. The van der Waals surface area contributed by atoms with Crippen LogP contribution in [-0.4, -0.2) is 16.9 Å². The highest BCUT2D eigenvalue weighted by atomic mass is 16.1. The van der Waals surface area contributed by atoms with Crippen LogP contribution < -0.4 is 16.6 Å². The number of nitrogens with zero attached hydrogens (tertiary/aromatic N) is 1. The Kier molecular flexibility index (Phi) is 2.91. The second kappa shape index (κ2) is 4.57. The zero-order valence-electron chi connectivity index (χ0n) is 10.2. The topological polar surface area (TPSA) is 80.0 Å². The summed E-state index contributed by atoms with van der Waals surface area (Å²) in [5, 5.41) is 3.16. The van der Waals surface area contributed by atoms with E-state index in [4.69, 9.17) is 5.84 Å². The summed E-state index contributed by atoms with van der Waals surface area (Å²) in [5.41, 5.74) is 2.99. The van der Waals surface area contributed by atoms with Crippen LogP contribution in [0.5, 0.6) is 0 Å². The normalized spacial score (nSPS) is 18.8. The van der Waals surface area contributed by atoms with Gasteiger partial charge >= 0.3 is 0 Å². The third kappa shape index (κ3) is 2.31. The molecule has 96 valence electrons. The molecule has 2 fully saturated rings. The van der Waals surface area contributed by atoms with Crippen molar-refractivity contribution in [3.63, 3.8) is 0 Å². The van der Waals surface area contributed by atoms with Crippen molar-refractivity contribution in [2.45, 2.75) is 31.7 Å². The molecular formula is C13H18N4O. The van der Waals surface area contributed by atoms with Gasteiger partial charge in [0.15, 0.2) is 5.82 Å². The van der Waals surface area contributed by atoms with Crippen LogP contribution >= 0.6 is 0 Å².